The standard InChI is InChI=1S/C16H11N3O2/c1-20-14-8-6-12(7-9-14)15-18-16(21-19-15)13-4-2-11(10-17)3-5-13/h2-9H,1H3. The van der Waals surface area contributed by atoms with Crippen molar-refractivity contribution in [2.75, 3.05) is 7.11 Å². The zero-order valence-electron chi connectivity index (χ0n) is 11.3. The van der Waals surface area contributed by atoms with Crippen LogP contribution in [0.25, 0.3) is 22.8 Å². The maximum Gasteiger partial charge on any atom is 0.258 e. The van der Waals surface area contributed by atoms with Crippen LogP contribution >= 0.6 is 0 Å². The Morgan fingerprint density at radius 2 is 1.67 bits per heavy atom. The first kappa shape index (κ1) is 12.9. The van der Waals surface area contributed by atoms with E-state index in [0.29, 0.717) is 17.3 Å². The summed E-state index contributed by atoms with van der Waals surface area (Å²) in [6.07, 6.45) is 0. The summed E-state index contributed by atoms with van der Waals surface area (Å²) in [6, 6.07) is 16.5. The molecule has 0 radical (unpaired) electrons. The van der Waals surface area contributed by atoms with Crippen molar-refractivity contribution in [3.8, 4) is 34.7 Å². The van der Waals surface area contributed by atoms with E-state index >= 15 is 0 Å². The summed E-state index contributed by atoms with van der Waals surface area (Å²) in [7, 11) is 1.62. The molecule has 0 N–H and O–H groups in total. The van der Waals surface area contributed by atoms with Crippen LogP contribution in [0.5, 0.6) is 5.75 Å². The molecule has 5 nitrogen and oxygen atoms in total. The number of hydrogen-bond acceptors (Lipinski definition) is 5. The zero-order chi connectivity index (χ0) is 14.7. The Labute approximate surface area is 121 Å². The molecule has 1 aromatic heterocycles. The summed E-state index contributed by atoms with van der Waals surface area (Å²) in [6.45, 7) is 0. The Hall–Kier alpha value is -3.13. The summed E-state index contributed by atoms with van der Waals surface area (Å²) >= 11 is 0. The lowest BCUT2D eigenvalue weighted by Gasteiger charge is -1.98. The topological polar surface area (TPSA) is 71.9 Å². The predicted molar refractivity (Wildman–Crippen MR) is 76.4 cm³/mol. The van der Waals surface area contributed by atoms with E-state index in [1.807, 2.05) is 24.3 Å². The highest BCUT2D eigenvalue weighted by Crippen LogP contribution is 2.23. The van der Waals surface area contributed by atoms with Crippen molar-refractivity contribution in [2.45, 2.75) is 0 Å². The maximum atomic E-state index is 8.78. The molecule has 0 bridgehead atoms. The molecule has 0 aliphatic rings. The number of hydrogen-bond donors (Lipinski definition) is 0. The fourth-order valence-corrected chi connectivity index (χ4v) is 1.89. The summed E-state index contributed by atoms with van der Waals surface area (Å²) in [5, 5.41) is 12.8. The number of aromatic nitrogens is 2. The minimum atomic E-state index is 0.422. The Balaban J connectivity index is 1.89. The van der Waals surface area contributed by atoms with E-state index in [2.05, 4.69) is 16.2 Å². The fraction of sp³-hybridized carbons (Fsp3) is 0.0625. The van der Waals surface area contributed by atoms with Crippen LogP contribution in [0.15, 0.2) is 53.1 Å². The number of ether oxygens (including phenoxy) is 1. The van der Waals surface area contributed by atoms with E-state index in [9.17, 15) is 0 Å². The van der Waals surface area contributed by atoms with E-state index in [4.69, 9.17) is 14.5 Å². The molecule has 0 fully saturated rings. The molecule has 0 saturated carbocycles. The van der Waals surface area contributed by atoms with Crippen LogP contribution in [0.3, 0.4) is 0 Å². The van der Waals surface area contributed by atoms with Gasteiger partial charge in [0, 0.05) is 11.1 Å². The highest BCUT2D eigenvalue weighted by atomic mass is 16.5. The zero-order valence-corrected chi connectivity index (χ0v) is 11.3. The summed E-state index contributed by atoms with van der Waals surface area (Å²) in [4.78, 5) is 4.36. The Morgan fingerprint density at radius 3 is 2.29 bits per heavy atom. The molecule has 102 valence electrons. The van der Waals surface area contributed by atoms with E-state index in [0.717, 1.165) is 16.9 Å². The number of methoxy groups -OCH3 is 1. The molecule has 2 aromatic carbocycles. The van der Waals surface area contributed by atoms with Gasteiger partial charge in [0.25, 0.3) is 5.89 Å². The lowest BCUT2D eigenvalue weighted by Crippen LogP contribution is -1.84. The first-order chi connectivity index (χ1) is 10.3. The van der Waals surface area contributed by atoms with Crippen LogP contribution in [0, 0.1) is 11.3 Å². The summed E-state index contributed by atoms with van der Waals surface area (Å²) < 4.78 is 10.4. The van der Waals surface area contributed by atoms with Gasteiger partial charge in [0.05, 0.1) is 18.7 Å². The van der Waals surface area contributed by atoms with Gasteiger partial charge in [-0.05, 0) is 48.5 Å². The van der Waals surface area contributed by atoms with Crippen molar-refractivity contribution in [3.63, 3.8) is 0 Å². The molecule has 0 atom stereocenters. The number of benzene rings is 2. The molecule has 3 rings (SSSR count). The van der Waals surface area contributed by atoms with Gasteiger partial charge >= 0.3 is 0 Å². The lowest BCUT2D eigenvalue weighted by molar-refractivity contribution is 0.415. The third-order valence-electron chi connectivity index (χ3n) is 3.04. The van der Waals surface area contributed by atoms with Crippen molar-refractivity contribution >= 4 is 0 Å². The van der Waals surface area contributed by atoms with Gasteiger partial charge in [-0.3, -0.25) is 0 Å². The van der Waals surface area contributed by atoms with Crippen LogP contribution in [-0.2, 0) is 0 Å². The highest BCUT2D eigenvalue weighted by molar-refractivity contribution is 5.60. The van der Waals surface area contributed by atoms with Gasteiger partial charge in [0.1, 0.15) is 5.75 Å². The molecule has 0 aliphatic carbocycles. The van der Waals surface area contributed by atoms with Crippen molar-refractivity contribution in [1.82, 2.24) is 10.1 Å². The molecule has 0 spiro atoms. The third kappa shape index (κ3) is 2.60. The molecule has 21 heavy (non-hydrogen) atoms. The minimum absolute atomic E-state index is 0.422. The average Bonchev–Trinajstić information content (AvgIpc) is 3.05. The Morgan fingerprint density at radius 1 is 1.00 bits per heavy atom. The summed E-state index contributed by atoms with van der Waals surface area (Å²) in [5.74, 6) is 1.71. The Bertz CT molecular complexity index is 784. The van der Waals surface area contributed by atoms with Gasteiger partial charge in [0.2, 0.25) is 5.82 Å². The van der Waals surface area contributed by atoms with E-state index in [1.165, 1.54) is 0 Å². The second-order valence-corrected chi connectivity index (χ2v) is 4.34. The largest absolute Gasteiger partial charge is 0.497 e. The van der Waals surface area contributed by atoms with Gasteiger partial charge in [-0.15, -0.1) is 0 Å². The van der Waals surface area contributed by atoms with Crippen molar-refractivity contribution in [3.05, 3.63) is 54.1 Å². The predicted octanol–water partition coefficient (Wildman–Crippen LogP) is 3.28. The lowest BCUT2D eigenvalue weighted by atomic mass is 10.1. The van der Waals surface area contributed by atoms with Gasteiger partial charge in [-0.1, -0.05) is 5.16 Å². The van der Waals surface area contributed by atoms with Crippen molar-refractivity contribution < 1.29 is 9.26 Å². The first-order valence-corrected chi connectivity index (χ1v) is 6.29. The van der Waals surface area contributed by atoms with Gasteiger partial charge in [-0.2, -0.15) is 10.2 Å². The molecule has 0 unspecified atom stereocenters. The molecule has 5 heteroatoms. The van der Waals surface area contributed by atoms with E-state index < -0.39 is 0 Å². The third-order valence-corrected chi connectivity index (χ3v) is 3.04. The van der Waals surface area contributed by atoms with Crippen LogP contribution in [0.4, 0.5) is 0 Å². The molecule has 0 amide bonds. The fourth-order valence-electron chi connectivity index (χ4n) is 1.89. The molecular formula is C16H11N3O2. The SMILES string of the molecule is COc1ccc(-c2noc(-c3ccc(C#N)cc3)n2)cc1. The number of nitrogens with zero attached hydrogens (tertiary/aromatic N) is 3. The van der Waals surface area contributed by atoms with Crippen LogP contribution in [0.2, 0.25) is 0 Å². The smallest absolute Gasteiger partial charge is 0.258 e. The van der Waals surface area contributed by atoms with Crippen molar-refractivity contribution in [2.24, 2.45) is 0 Å². The number of nitriles is 1. The monoisotopic (exact) mass is 277 g/mol. The van der Waals surface area contributed by atoms with Crippen LogP contribution in [0.1, 0.15) is 5.56 Å². The molecule has 3 aromatic rings. The van der Waals surface area contributed by atoms with E-state index in [1.54, 1.807) is 31.4 Å². The summed E-state index contributed by atoms with van der Waals surface area (Å²) in [5.41, 5.74) is 2.22. The van der Waals surface area contributed by atoms with Crippen LogP contribution < -0.4 is 4.74 Å². The van der Waals surface area contributed by atoms with Gasteiger partial charge in [-0.25, -0.2) is 0 Å². The minimum Gasteiger partial charge on any atom is -0.497 e. The first-order valence-electron chi connectivity index (χ1n) is 6.29. The van der Waals surface area contributed by atoms with Crippen molar-refractivity contribution in [1.29, 1.82) is 5.26 Å². The second-order valence-electron chi connectivity index (χ2n) is 4.34. The van der Waals surface area contributed by atoms with Gasteiger partial charge < -0.3 is 9.26 Å². The molecule has 0 saturated heterocycles. The number of rotatable bonds is 3. The maximum absolute atomic E-state index is 8.78. The van der Waals surface area contributed by atoms with Crippen LogP contribution in [-0.4, -0.2) is 17.3 Å². The highest BCUT2D eigenvalue weighted by Gasteiger charge is 2.10. The Kier molecular flexibility index (Phi) is 3.36. The molecule has 1 heterocycles. The second kappa shape index (κ2) is 5.47. The average molecular weight is 277 g/mol. The van der Waals surface area contributed by atoms with E-state index in [-0.39, 0.29) is 0 Å². The quantitative estimate of drug-likeness (QED) is 0.734. The van der Waals surface area contributed by atoms with Gasteiger partial charge in [0.15, 0.2) is 0 Å². The normalized spacial score (nSPS) is 10.1. The molecular weight excluding hydrogens is 266 g/mol. The molecule has 0 aliphatic heterocycles.